The topological polar surface area (TPSA) is 82.8 Å². The molecule has 2 bridgehead atoms. The third-order valence-electron chi connectivity index (χ3n) is 6.59. The normalized spacial score (nSPS) is 27.3. The third-order valence-corrected chi connectivity index (χ3v) is 6.59. The molecule has 4 heterocycles. The molecule has 0 aromatic carbocycles. The lowest BCUT2D eigenvalue weighted by Gasteiger charge is -2.39. The number of likely N-dealkylation sites (tertiary alicyclic amines) is 2. The van der Waals surface area contributed by atoms with E-state index in [-0.39, 0.29) is 23.9 Å². The summed E-state index contributed by atoms with van der Waals surface area (Å²) in [5.74, 6) is 1.19. The second-order valence-electron chi connectivity index (χ2n) is 8.47. The second kappa shape index (κ2) is 6.84. The highest BCUT2D eigenvalue weighted by atomic mass is 16.2. The molecule has 2 aromatic rings. The maximum atomic E-state index is 13.1. The van der Waals surface area contributed by atoms with Crippen LogP contribution < -0.4 is 5.32 Å². The van der Waals surface area contributed by atoms with Crippen molar-refractivity contribution in [3.05, 3.63) is 30.1 Å². The summed E-state index contributed by atoms with van der Waals surface area (Å²) in [6, 6.07) is 5.70. The zero-order valence-electron chi connectivity index (χ0n) is 16.1. The van der Waals surface area contributed by atoms with Crippen LogP contribution in [-0.2, 0) is 4.79 Å². The van der Waals surface area contributed by atoms with Gasteiger partial charge in [-0.05, 0) is 36.8 Å². The molecule has 3 atom stereocenters. The molecule has 3 fully saturated rings. The number of pyridine rings is 1. The first kappa shape index (κ1) is 17.6. The van der Waals surface area contributed by atoms with Crippen LogP contribution in [0.1, 0.15) is 36.7 Å². The van der Waals surface area contributed by atoms with Gasteiger partial charge in [-0.2, -0.15) is 0 Å². The minimum Gasteiger partial charge on any atom is -0.350 e. The molecule has 8 heteroatoms. The number of hydrogen-bond donors (Lipinski definition) is 1. The molecule has 0 unspecified atom stereocenters. The van der Waals surface area contributed by atoms with Crippen molar-refractivity contribution < 1.29 is 9.59 Å². The first-order valence-electron chi connectivity index (χ1n) is 10.2. The minimum absolute atomic E-state index is 0.0419. The molecule has 2 aromatic heterocycles. The summed E-state index contributed by atoms with van der Waals surface area (Å²) in [6.45, 7) is 5.44. The Morgan fingerprint density at radius 2 is 2.07 bits per heavy atom. The summed E-state index contributed by atoms with van der Waals surface area (Å²) in [4.78, 5) is 29.7. The second-order valence-corrected chi connectivity index (χ2v) is 8.47. The van der Waals surface area contributed by atoms with Gasteiger partial charge in [0.2, 0.25) is 5.91 Å². The van der Waals surface area contributed by atoms with Crippen LogP contribution in [0.2, 0.25) is 0 Å². The molecule has 1 saturated carbocycles. The van der Waals surface area contributed by atoms with Crippen molar-refractivity contribution in [2.45, 2.75) is 38.3 Å². The van der Waals surface area contributed by atoms with Crippen LogP contribution in [0.25, 0.3) is 5.52 Å². The van der Waals surface area contributed by atoms with E-state index < -0.39 is 0 Å². The molecule has 2 saturated heterocycles. The highest BCUT2D eigenvalue weighted by molar-refractivity contribution is 5.99. The molecule has 1 aliphatic carbocycles. The van der Waals surface area contributed by atoms with Crippen molar-refractivity contribution in [1.29, 1.82) is 0 Å². The van der Waals surface area contributed by atoms with Crippen LogP contribution in [0.3, 0.4) is 0 Å². The standard InChI is InChI=1S/C20H26N6O2/c1-2-13-9-24(10-13)12-18(27)21-15-7-14-8-17(15)25(11-14)20(28)19-16-5-3-4-6-26(16)23-22-19/h3-6,13-15,17H,2,7-12H2,1H3,(H,21,27)/t14-,15-,17-/m1/s1. The molecule has 3 aliphatic rings. The lowest BCUT2D eigenvalue weighted by atomic mass is 9.97. The minimum atomic E-state index is -0.0822. The quantitative estimate of drug-likeness (QED) is 0.827. The molecule has 1 N–H and O–H groups in total. The van der Waals surface area contributed by atoms with Crippen LogP contribution >= 0.6 is 0 Å². The van der Waals surface area contributed by atoms with Gasteiger partial charge in [0.25, 0.3) is 5.91 Å². The number of hydrogen-bond acceptors (Lipinski definition) is 5. The van der Waals surface area contributed by atoms with Crippen LogP contribution in [0, 0.1) is 11.8 Å². The van der Waals surface area contributed by atoms with Crippen LogP contribution in [-0.4, -0.2) is 74.7 Å². The van der Waals surface area contributed by atoms with Gasteiger partial charge in [-0.3, -0.25) is 14.5 Å². The molecule has 0 radical (unpaired) electrons. The van der Waals surface area contributed by atoms with E-state index >= 15 is 0 Å². The smallest absolute Gasteiger partial charge is 0.277 e. The number of amides is 2. The number of carbonyl (C=O) groups excluding carboxylic acids is 2. The number of nitrogens with one attached hydrogen (secondary N) is 1. The van der Waals surface area contributed by atoms with E-state index in [1.165, 1.54) is 6.42 Å². The fraction of sp³-hybridized carbons (Fsp3) is 0.600. The predicted octanol–water partition coefficient (Wildman–Crippen LogP) is 0.790. The summed E-state index contributed by atoms with van der Waals surface area (Å²) in [7, 11) is 0. The Balaban J connectivity index is 1.24. The van der Waals surface area contributed by atoms with Crippen LogP contribution in [0.15, 0.2) is 24.4 Å². The Labute approximate surface area is 163 Å². The number of carbonyl (C=O) groups is 2. The van der Waals surface area contributed by atoms with E-state index in [0.717, 1.165) is 43.9 Å². The van der Waals surface area contributed by atoms with E-state index in [9.17, 15) is 9.59 Å². The Hall–Kier alpha value is -2.48. The molecule has 2 aliphatic heterocycles. The number of piperidine rings is 1. The molecule has 0 spiro atoms. The van der Waals surface area contributed by atoms with Gasteiger partial charge in [-0.25, -0.2) is 4.52 Å². The Kier molecular flexibility index (Phi) is 4.30. The molecular formula is C20H26N6O2. The van der Waals surface area contributed by atoms with Gasteiger partial charge < -0.3 is 10.2 Å². The average molecular weight is 382 g/mol. The van der Waals surface area contributed by atoms with E-state index in [0.29, 0.717) is 18.2 Å². The monoisotopic (exact) mass is 382 g/mol. The Morgan fingerprint density at radius 3 is 2.86 bits per heavy atom. The van der Waals surface area contributed by atoms with E-state index in [2.05, 4.69) is 27.5 Å². The third kappa shape index (κ3) is 2.96. The highest BCUT2D eigenvalue weighted by Crippen LogP contribution is 2.38. The summed E-state index contributed by atoms with van der Waals surface area (Å²) in [6.07, 6.45) is 4.88. The lowest BCUT2D eigenvalue weighted by molar-refractivity contribution is -0.125. The highest BCUT2D eigenvalue weighted by Gasteiger charge is 2.48. The molecule has 28 heavy (non-hydrogen) atoms. The molecule has 2 amide bonds. The predicted molar refractivity (Wildman–Crippen MR) is 103 cm³/mol. The zero-order valence-corrected chi connectivity index (χ0v) is 16.1. The van der Waals surface area contributed by atoms with E-state index in [1.54, 1.807) is 10.7 Å². The van der Waals surface area contributed by atoms with Crippen LogP contribution in [0.5, 0.6) is 0 Å². The molecule has 148 valence electrons. The van der Waals surface area contributed by atoms with Gasteiger partial charge in [-0.15, -0.1) is 5.10 Å². The van der Waals surface area contributed by atoms with Gasteiger partial charge in [0.1, 0.15) is 0 Å². The van der Waals surface area contributed by atoms with E-state index in [1.807, 2.05) is 23.1 Å². The fourth-order valence-corrected chi connectivity index (χ4v) is 5.07. The summed E-state index contributed by atoms with van der Waals surface area (Å²) in [5, 5.41) is 11.4. The maximum Gasteiger partial charge on any atom is 0.277 e. The first-order chi connectivity index (χ1) is 13.6. The zero-order chi connectivity index (χ0) is 19.3. The van der Waals surface area contributed by atoms with Gasteiger partial charge in [-0.1, -0.05) is 24.6 Å². The van der Waals surface area contributed by atoms with Crippen molar-refractivity contribution in [1.82, 2.24) is 29.9 Å². The average Bonchev–Trinajstić information content (AvgIpc) is 3.37. The lowest BCUT2D eigenvalue weighted by Crippen LogP contribution is -2.55. The summed E-state index contributed by atoms with van der Waals surface area (Å²) in [5.41, 5.74) is 1.11. The van der Waals surface area contributed by atoms with Gasteiger partial charge in [0.05, 0.1) is 18.1 Å². The molecular weight excluding hydrogens is 356 g/mol. The number of nitrogens with zero attached hydrogens (tertiary/aromatic N) is 5. The van der Waals surface area contributed by atoms with Gasteiger partial charge in [0, 0.05) is 31.9 Å². The van der Waals surface area contributed by atoms with Crippen molar-refractivity contribution in [2.24, 2.45) is 11.8 Å². The van der Waals surface area contributed by atoms with Gasteiger partial charge >= 0.3 is 0 Å². The maximum absolute atomic E-state index is 13.1. The van der Waals surface area contributed by atoms with Gasteiger partial charge in [0.15, 0.2) is 5.69 Å². The molecule has 8 nitrogen and oxygen atoms in total. The van der Waals surface area contributed by atoms with Crippen molar-refractivity contribution in [3.63, 3.8) is 0 Å². The molecule has 5 rings (SSSR count). The fourth-order valence-electron chi connectivity index (χ4n) is 5.07. The number of fused-ring (bicyclic) bond motifs is 3. The van der Waals surface area contributed by atoms with E-state index in [4.69, 9.17) is 0 Å². The Bertz CT molecular complexity index is 905. The SMILES string of the molecule is CCC1CN(CC(=O)N[C@@H]2C[C@@H]3C[C@H]2N(C(=O)c2nnn4ccccc24)C3)C1. The number of rotatable bonds is 5. The van der Waals surface area contributed by atoms with Crippen molar-refractivity contribution in [3.8, 4) is 0 Å². The van der Waals surface area contributed by atoms with Crippen molar-refractivity contribution >= 4 is 17.3 Å². The Morgan fingerprint density at radius 1 is 1.21 bits per heavy atom. The summed E-state index contributed by atoms with van der Waals surface area (Å²) < 4.78 is 1.62. The summed E-state index contributed by atoms with van der Waals surface area (Å²) >= 11 is 0. The largest absolute Gasteiger partial charge is 0.350 e. The van der Waals surface area contributed by atoms with Crippen LogP contribution in [0.4, 0.5) is 0 Å². The first-order valence-corrected chi connectivity index (χ1v) is 10.2. The number of aromatic nitrogens is 3. The van der Waals surface area contributed by atoms with Crippen molar-refractivity contribution in [2.75, 3.05) is 26.2 Å².